The van der Waals surface area contributed by atoms with Crippen molar-refractivity contribution in [1.29, 1.82) is 0 Å². The quantitative estimate of drug-likeness (QED) is 0.872. The highest BCUT2D eigenvalue weighted by Gasteiger charge is 2.26. The van der Waals surface area contributed by atoms with Crippen molar-refractivity contribution in [1.82, 2.24) is 14.8 Å². The van der Waals surface area contributed by atoms with Crippen LogP contribution in [-0.4, -0.2) is 53.3 Å². The van der Waals surface area contributed by atoms with E-state index in [9.17, 15) is 9.59 Å². The second-order valence-corrected chi connectivity index (χ2v) is 5.91. The van der Waals surface area contributed by atoms with Crippen LogP contribution in [0.15, 0.2) is 24.5 Å². The van der Waals surface area contributed by atoms with Crippen molar-refractivity contribution in [2.75, 3.05) is 26.7 Å². The van der Waals surface area contributed by atoms with Crippen LogP contribution in [0.1, 0.15) is 31.4 Å². The molecule has 0 bridgehead atoms. The molecule has 0 saturated carbocycles. The van der Waals surface area contributed by atoms with Gasteiger partial charge in [0.25, 0.3) is 0 Å². The summed E-state index contributed by atoms with van der Waals surface area (Å²) in [7, 11) is 1.82. The predicted octanol–water partition coefficient (Wildman–Crippen LogP) is 0.798. The lowest BCUT2D eigenvalue weighted by Crippen LogP contribution is -2.44. The average Bonchev–Trinajstić information content (AvgIpc) is 2.54. The number of carbonyl (C=O) groups is 2. The van der Waals surface area contributed by atoms with E-state index in [0.29, 0.717) is 6.54 Å². The molecule has 1 atom stereocenters. The summed E-state index contributed by atoms with van der Waals surface area (Å²) in [6, 6.07) is 3.86. The van der Waals surface area contributed by atoms with Gasteiger partial charge in [0.05, 0.1) is 12.6 Å². The molecular weight excluding hydrogens is 280 g/mol. The molecule has 0 unspecified atom stereocenters. The van der Waals surface area contributed by atoms with Crippen LogP contribution >= 0.6 is 0 Å². The zero-order chi connectivity index (χ0) is 16.1. The van der Waals surface area contributed by atoms with Gasteiger partial charge in [0.2, 0.25) is 11.8 Å². The smallest absolute Gasteiger partial charge is 0.236 e. The second kappa shape index (κ2) is 7.35. The molecule has 2 rings (SSSR count). The van der Waals surface area contributed by atoms with Gasteiger partial charge in [-0.2, -0.15) is 0 Å². The summed E-state index contributed by atoms with van der Waals surface area (Å²) in [6.07, 6.45) is 4.95. The Morgan fingerprint density at radius 3 is 2.50 bits per heavy atom. The summed E-state index contributed by atoms with van der Waals surface area (Å²) in [5.41, 5.74) is 6.40. The summed E-state index contributed by atoms with van der Waals surface area (Å²) < 4.78 is 0. The number of pyridine rings is 1. The van der Waals surface area contributed by atoms with Gasteiger partial charge in [-0.3, -0.25) is 19.5 Å². The predicted molar refractivity (Wildman–Crippen MR) is 83.8 cm³/mol. The number of likely N-dealkylation sites (tertiary alicyclic amines) is 1. The van der Waals surface area contributed by atoms with Crippen molar-refractivity contribution in [3.8, 4) is 0 Å². The molecule has 120 valence electrons. The standard InChI is InChI=1S/C16H24N4O2/c1-12(13-3-7-18-8-4-13)19(2)15(21)11-20-9-5-14(6-10-20)16(17)22/h3-4,7-8,12,14H,5-6,9-11H2,1-2H3,(H2,17,22)/t12-/m0/s1. The van der Waals surface area contributed by atoms with E-state index in [1.807, 2.05) is 26.1 Å². The van der Waals surface area contributed by atoms with Crippen molar-refractivity contribution >= 4 is 11.8 Å². The minimum Gasteiger partial charge on any atom is -0.369 e. The highest BCUT2D eigenvalue weighted by Crippen LogP contribution is 2.20. The first kappa shape index (κ1) is 16.4. The Bertz CT molecular complexity index is 512. The number of nitrogens with two attached hydrogens (primary N) is 1. The maximum Gasteiger partial charge on any atom is 0.236 e. The van der Waals surface area contributed by atoms with Crippen LogP contribution in [0, 0.1) is 5.92 Å². The van der Waals surface area contributed by atoms with Crippen molar-refractivity contribution in [3.63, 3.8) is 0 Å². The molecule has 2 N–H and O–H groups in total. The van der Waals surface area contributed by atoms with Gasteiger partial charge < -0.3 is 10.6 Å². The summed E-state index contributed by atoms with van der Waals surface area (Å²) in [5.74, 6) is -0.184. The van der Waals surface area contributed by atoms with Crippen LogP contribution in [0.2, 0.25) is 0 Å². The van der Waals surface area contributed by atoms with Gasteiger partial charge in [0.1, 0.15) is 0 Å². The number of carbonyl (C=O) groups excluding carboxylic acids is 2. The average molecular weight is 304 g/mol. The molecule has 1 aromatic rings. The number of piperidine rings is 1. The normalized spacial score (nSPS) is 17.9. The largest absolute Gasteiger partial charge is 0.369 e. The highest BCUT2D eigenvalue weighted by molar-refractivity contribution is 5.79. The molecule has 1 saturated heterocycles. The molecule has 6 heteroatoms. The van der Waals surface area contributed by atoms with E-state index in [-0.39, 0.29) is 23.8 Å². The number of amides is 2. The van der Waals surface area contributed by atoms with Gasteiger partial charge in [0, 0.05) is 25.4 Å². The number of nitrogens with zero attached hydrogens (tertiary/aromatic N) is 3. The zero-order valence-corrected chi connectivity index (χ0v) is 13.2. The van der Waals surface area contributed by atoms with Crippen molar-refractivity contribution in [3.05, 3.63) is 30.1 Å². The number of hydrogen-bond acceptors (Lipinski definition) is 4. The molecule has 1 aliphatic rings. The van der Waals surface area contributed by atoms with Gasteiger partial charge in [-0.25, -0.2) is 0 Å². The van der Waals surface area contributed by atoms with Crippen LogP contribution in [-0.2, 0) is 9.59 Å². The topological polar surface area (TPSA) is 79.5 Å². The summed E-state index contributed by atoms with van der Waals surface area (Å²) >= 11 is 0. The molecule has 0 spiro atoms. The molecule has 2 amide bonds. The van der Waals surface area contributed by atoms with E-state index >= 15 is 0 Å². The Morgan fingerprint density at radius 1 is 1.36 bits per heavy atom. The van der Waals surface area contributed by atoms with E-state index in [1.54, 1.807) is 17.3 Å². The Kier molecular flexibility index (Phi) is 5.49. The molecule has 0 aliphatic carbocycles. The van der Waals surface area contributed by atoms with Crippen molar-refractivity contribution in [2.24, 2.45) is 11.7 Å². The first-order valence-corrected chi connectivity index (χ1v) is 7.66. The van der Waals surface area contributed by atoms with Crippen LogP contribution in [0.25, 0.3) is 0 Å². The van der Waals surface area contributed by atoms with Gasteiger partial charge in [-0.15, -0.1) is 0 Å². The van der Waals surface area contributed by atoms with E-state index in [1.165, 1.54) is 0 Å². The number of primary amides is 1. The number of aromatic nitrogens is 1. The SMILES string of the molecule is C[C@@H](c1ccncc1)N(C)C(=O)CN1CCC(C(N)=O)CC1. The Morgan fingerprint density at radius 2 is 1.95 bits per heavy atom. The third-order valence-electron chi connectivity index (χ3n) is 4.51. The summed E-state index contributed by atoms with van der Waals surface area (Å²) in [6.45, 7) is 3.89. The van der Waals surface area contributed by atoms with E-state index in [2.05, 4.69) is 9.88 Å². The molecule has 1 aromatic heterocycles. The first-order valence-electron chi connectivity index (χ1n) is 7.66. The fraction of sp³-hybridized carbons (Fsp3) is 0.562. The van der Waals surface area contributed by atoms with Gasteiger partial charge in [0.15, 0.2) is 0 Å². The molecule has 0 radical (unpaired) electrons. The van der Waals surface area contributed by atoms with E-state index in [4.69, 9.17) is 5.73 Å². The monoisotopic (exact) mass is 304 g/mol. The van der Waals surface area contributed by atoms with Crippen LogP contribution < -0.4 is 5.73 Å². The maximum absolute atomic E-state index is 12.4. The van der Waals surface area contributed by atoms with Crippen LogP contribution in [0.3, 0.4) is 0 Å². The minimum atomic E-state index is -0.227. The van der Waals surface area contributed by atoms with Crippen molar-refractivity contribution in [2.45, 2.75) is 25.8 Å². The molecule has 1 aliphatic heterocycles. The molecule has 22 heavy (non-hydrogen) atoms. The maximum atomic E-state index is 12.4. The third-order valence-corrected chi connectivity index (χ3v) is 4.51. The summed E-state index contributed by atoms with van der Waals surface area (Å²) in [5, 5.41) is 0. The van der Waals surface area contributed by atoms with Crippen LogP contribution in [0.4, 0.5) is 0 Å². The molecular formula is C16H24N4O2. The fourth-order valence-corrected chi connectivity index (χ4v) is 2.76. The highest BCUT2D eigenvalue weighted by atomic mass is 16.2. The van der Waals surface area contributed by atoms with Gasteiger partial charge in [-0.05, 0) is 50.6 Å². The van der Waals surface area contributed by atoms with Crippen molar-refractivity contribution < 1.29 is 9.59 Å². The fourth-order valence-electron chi connectivity index (χ4n) is 2.76. The number of rotatable bonds is 5. The molecule has 1 fully saturated rings. The lowest BCUT2D eigenvalue weighted by atomic mass is 9.96. The first-order chi connectivity index (χ1) is 10.5. The van der Waals surface area contributed by atoms with E-state index in [0.717, 1.165) is 31.5 Å². The molecule has 0 aromatic carbocycles. The van der Waals surface area contributed by atoms with E-state index < -0.39 is 0 Å². The number of likely N-dealkylation sites (N-methyl/N-ethyl adjacent to an activating group) is 1. The lowest BCUT2D eigenvalue weighted by molar-refractivity contribution is -0.133. The summed E-state index contributed by atoms with van der Waals surface area (Å²) in [4.78, 5) is 31.4. The Labute approximate surface area is 131 Å². The van der Waals surface area contributed by atoms with Gasteiger partial charge in [-0.1, -0.05) is 0 Å². The molecule has 6 nitrogen and oxygen atoms in total. The third kappa shape index (κ3) is 4.04. The minimum absolute atomic E-state index is 0.0126. The molecule has 2 heterocycles. The van der Waals surface area contributed by atoms with Crippen LogP contribution in [0.5, 0.6) is 0 Å². The van der Waals surface area contributed by atoms with Gasteiger partial charge >= 0.3 is 0 Å². The second-order valence-electron chi connectivity index (χ2n) is 5.91. The lowest BCUT2D eigenvalue weighted by Gasteiger charge is -2.32. The number of hydrogen-bond donors (Lipinski definition) is 1. The Hall–Kier alpha value is -1.95. The zero-order valence-electron chi connectivity index (χ0n) is 13.2. The Balaban J connectivity index is 1.86.